The largest absolute Gasteiger partial charge is 0.489 e. The second-order valence-electron chi connectivity index (χ2n) is 5.28. The summed E-state index contributed by atoms with van der Waals surface area (Å²) in [6, 6.07) is 11.9. The molecule has 2 aromatic carbocycles. The summed E-state index contributed by atoms with van der Waals surface area (Å²) in [6.07, 6.45) is 1.37. The van der Waals surface area contributed by atoms with Gasteiger partial charge in [0.2, 0.25) is 0 Å². The maximum absolute atomic E-state index is 13.1. The van der Waals surface area contributed by atoms with Gasteiger partial charge in [-0.05, 0) is 41.5 Å². The number of ether oxygens (including phenoxy) is 1. The van der Waals surface area contributed by atoms with Crippen molar-refractivity contribution in [1.29, 1.82) is 0 Å². The van der Waals surface area contributed by atoms with Gasteiger partial charge in [-0.25, -0.2) is 9.18 Å². The van der Waals surface area contributed by atoms with E-state index >= 15 is 0 Å². The zero-order chi connectivity index (χ0) is 17.8. The fraction of sp³-hybridized carbons (Fsp3) is 0.0556. The molecule has 0 spiro atoms. The molecular weight excluding hydrogens is 327 g/mol. The summed E-state index contributed by atoms with van der Waals surface area (Å²) in [5.41, 5.74) is 1.13. The van der Waals surface area contributed by atoms with Gasteiger partial charge in [0.05, 0.1) is 0 Å². The van der Waals surface area contributed by atoms with Crippen LogP contribution in [-0.2, 0) is 16.2 Å². The monoisotopic (exact) mass is 340 g/mol. The molecule has 0 bridgehead atoms. The van der Waals surface area contributed by atoms with E-state index in [0.717, 1.165) is 0 Å². The number of nitrogens with one attached hydrogen (secondary N) is 2. The van der Waals surface area contributed by atoms with Crippen LogP contribution < -0.4 is 15.4 Å². The average Bonchev–Trinajstić information content (AvgIpc) is 2.57. The summed E-state index contributed by atoms with van der Waals surface area (Å²) in [5, 5.41) is 4.00. The third kappa shape index (κ3) is 4.08. The summed E-state index contributed by atoms with van der Waals surface area (Å²) < 4.78 is 18.7. The van der Waals surface area contributed by atoms with Crippen molar-refractivity contribution in [2.45, 2.75) is 6.61 Å². The molecular formula is C18H13FN2O4. The second-order valence-corrected chi connectivity index (χ2v) is 5.28. The van der Waals surface area contributed by atoms with Gasteiger partial charge >= 0.3 is 6.03 Å². The molecule has 0 radical (unpaired) electrons. The Morgan fingerprint density at radius 1 is 0.960 bits per heavy atom. The Balaban J connectivity index is 1.68. The minimum atomic E-state index is -0.840. The highest BCUT2D eigenvalue weighted by Crippen LogP contribution is 2.17. The number of hydrogen-bond acceptors (Lipinski definition) is 4. The van der Waals surface area contributed by atoms with Crippen LogP contribution in [0.15, 0.2) is 54.1 Å². The number of amides is 4. The highest BCUT2D eigenvalue weighted by Gasteiger charge is 2.27. The van der Waals surface area contributed by atoms with Crippen molar-refractivity contribution in [1.82, 2.24) is 10.6 Å². The lowest BCUT2D eigenvalue weighted by Crippen LogP contribution is -2.51. The molecule has 1 aliphatic heterocycles. The van der Waals surface area contributed by atoms with Crippen molar-refractivity contribution >= 4 is 23.9 Å². The van der Waals surface area contributed by atoms with Crippen molar-refractivity contribution in [3.8, 4) is 5.75 Å². The van der Waals surface area contributed by atoms with Crippen LogP contribution >= 0.6 is 0 Å². The molecule has 0 atom stereocenters. The van der Waals surface area contributed by atoms with Crippen LogP contribution in [0, 0.1) is 5.82 Å². The lowest BCUT2D eigenvalue weighted by atomic mass is 10.1. The number of hydrogen-bond donors (Lipinski definition) is 2. The number of halogens is 1. The smallest absolute Gasteiger partial charge is 0.328 e. The standard InChI is InChI=1S/C18H13FN2O4/c19-13-3-1-2-12(8-13)10-25-14-6-4-11(5-7-14)9-15-16(22)20-18(24)21-17(15)23/h1-9H,10H2,(H2,20,21,22,23,24). The first kappa shape index (κ1) is 16.4. The third-order valence-electron chi connectivity index (χ3n) is 3.43. The lowest BCUT2D eigenvalue weighted by Gasteiger charge is -2.14. The summed E-state index contributed by atoms with van der Waals surface area (Å²) in [5.74, 6) is -1.27. The van der Waals surface area contributed by atoms with Crippen molar-refractivity contribution in [3.05, 3.63) is 71.0 Å². The molecule has 0 saturated carbocycles. The summed E-state index contributed by atoms with van der Waals surface area (Å²) >= 11 is 0. The topological polar surface area (TPSA) is 84.5 Å². The van der Waals surface area contributed by atoms with Crippen LogP contribution in [0.25, 0.3) is 6.08 Å². The molecule has 7 heteroatoms. The molecule has 2 aromatic rings. The van der Waals surface area contributed by atoms with Crippen LogP contribution in [0.3, 0.4) is 0 Å². The molecule has 1 fully saturated rings. The van der Waals surface area contributed by atoms with Crippen molar-refractivity contribution < 1.29 is 23.5 Å². The maximum Gasteiger partial charge on any atom is 0.328 e. The number of barbiturate groups is 1. The summed E-state index contributed by atoms with van der Waals surface area (Å²) in [4.78, 5) is 34.3. The van der Waals surface area contributed by atoms with Crippen LogP contribution in [0.5, 0.6) is 5.75 Å². The zero-order valence-corrected chi connectivity index (χ0v) is 12.9. The van der Waals surface area contributed by atoms with E-state index in [4.69, 9.17) is 4.74 Å². The van der Waals surface area contributed by atoms with Gasteiger partial charge in [-0.1, -0.05) is 24.3 Å². The molecule has 1 heterocycles. The first-order valence-electron chi connectivity index (χ1n) is 7.37. The zero-order valence-electron chi connectivity index (χ0n) is 12.9. The molecule has 4 amide bonds. The Hall–Kier alpha value is -3.48. The van der Waals surface area contributed by atoms with Gasteiger partial charge < -0.3 is 4.74 Å². The average molecular weight is 340 g/mol. The van der Waals surface area contributed by atoms with E-state index in [0.29, 0.717) is 16.9 Å². The highest BCUT2D eigenvalue weighted by atomic mass is 19.1. The van der Waals surface area contributed by atoms with Crippen LogP contribution in [0.1, 0.15) is 11.1 Å². The van der Waals surface area contributed by atoms with E-state index in [-0.39, 0.29) is 18.0 Å². The van der Waals surface area contributed by atoms with E-state index in [1.165, 1.54) is 18.2 Å². The molecule has 126 valence electrons. The van der Waals surface area contributed by atoms with E-state index in [9.17, 15) is 18.8 Å². The Kier molecular flexibility index (Phi) is 4.56. The van der Waals surface area contributed by atoms with Crippen molar-refractivity contribution in [2.24, 2.45) is 0 Å². The molecule has 0 unspecified atom stereocenters. The molecule has 3 rings (SSSR count). The molecule has 0 aliphatic carbocycles. The first-order chi connectivity index (χ1) is 12.0. The Morgan fingerprint density at radius 2 is 1.64 bits per heavy atom. The minimum absolute atomic E-state index is 0.159. The molecule has 0 aromatic heterocycles. The van der Waals surface area contributed by atoms with Gasteiger partial charge in [-0.3, -0.25) is 20.2 Å². The number of carbonyl (C=O) groups excluding carboxylic acids is 3. The Morgan fingerprint density at radius 3 is 2.28 bits per heavy atom. The molecule has 1 aliphatic rings. The fourth-order valence-electron chi connectivity index (χ4n) is 2.23. The SMILES string of the molecule is O=C1NC(=O)C(=Cc2ccc(OCc3cccc(F)c3)cc2)C(=O)N1. The Labute approximate surface area is 142 Å². The third-order valence-corrected chi connectivity index (χ3v) is 3.43. The number of benzene rings is 2. The summed E-state index contributed by atoms with van der Waals surface area (Å²) in [6.45, 7) is 0.213. The van der Waals surface area contributed by atoms with Gasteiger partial charge in [-0.15, -0.1) is 0 Å². The van der Waals surface area contributed by atoms with Gasteiger partial charge in [0.15, 0.2) is 0 Å². The number of urea groups is 1. The number of imide groups is 2. The predicted octanol–water partition coefficient (Wildman–Crippen LogP) is 2.15. The maximum atomic E-state index is 13.1. The quantitative estimate of drug-likeness (QED) is 0.660. The van der Waals surface area contributed by atoms with Gasteiger partial charge in [0.25, 0.3) is 11.8 Å². The molecule has 1 saturated heterocycles. The van der Waals surface area contributed by atoms with Gasteiger partial charge in [0, 0.05) is 0 Å². The number of carbonyl (C=O) groups is 3. The fourth-order valence-corrected chi connectivity index (χ4v) is 2.23. The second kappa shape index (κ2) is 6.96. The van der Waals surface area contributed by atoms with Crippen LogP contribution in [0.4, 0.5) is 9.18 Å². The molecule has 6 nitrogen and oxygen atoms in total. The normalized spacial score (nSPS) is 14.0. The van der Waals surface area contributed by atoms with Gasteiger partial charge in [-0.2, -0.15) is 0 Å². The predicted molar refractivity (Wildman–Crippen MR) is 86.8 cm³/mol. The van der Waals surface area contributed by atoms with Crippen LogP contribution in [0.2, 0.25) is 0 Å². The van der Waals surface area contributed by atoms with E-state index in [2.05, 4.69) is 0 Å². The lowest BCUT2D eigenvalue weighted by molar-refractivity contribution is -0.123. The molecule has 2 N–H and O–H groups in total. The van der Waals surface area contributed by atoms with E-state index in [1.54, 1.807) is 36.4 Å². The minimum Gasteiger partial charge on any atom is -0.489 e. The first-order valence-corrected chi connectivity index (χ1v) is 7.37. The number of rotatable bonds is 4. The van der Waals surface area contributed by atoms with Gasteiger partial charge in [0.1, 0.15) is 23.7 Å². The van der Waals surface area contributed by atoms with Crippen LogP contribution in [-0.4, -0.2) is 17.8 Å². The molecule has 25 heavy (non-hydrogen) atoms. The van der Waals surface area contributed by atoms with E-state index < -0.39 is 17.8 Å². The van der Waals surface area contributed by atoms with Crippen molar-refractivity contribution in [2.75, 3.05) is 0 Å². The highest BCUT2D eigenvalue weighted by molar-refractivity contribution is 6.31. The summed E-state index contributed by atoms with van der Waals surface area (Å²) in [7, 11) is 0. The van der Waals surface area contributed by atoms with E-state index in [1.807, 2.05) is 10.6 Å². The Bertz CT molecular complexity index is 853. The van der Waals surface area contributed by atoms with Crippen molar-refractivity contribution in [3.63, 3.8) is 0 Å².